The average molecular weight is 397 g/mol. The molecule has 1 fully saturated rings. The lowest BCUT2D eigenvalue weighted by atomic mass is 10.0. The summed E-state index contributed by atoms with van der Waals surface area (Å²) in [6.45, 7) is 10.4. The summed E-state index contributed by atoms with van der Waals surface area (Å²) >= 11 is 0. The Kier molecular flexibility index (Phi) is 6.93. The van der Waals surface area contributed by atoms with E-state index in [-0.39, 0.29) is 11.9 Å². The molecule has 1 amide bonds. The summed E-state index contributed by atoms with van der Waals surface area (Å²) in [4.78, 5) is 14.6. The first-order valence-electron chi connectivity index (χ1n) is 10.4. The Balaban J connectivity index is 1.68. The number of hydrogen-bond donors (Lipinski definition) is 2. The van der Waals surface area contributed by atoms with Gasteiger partial charge in [0.2, 0.25) is 5.91 Å². The summed E-state index contributed by atoms with van der Waals surface area (Å²) in [5.41, 5.74) is 5.62. The number of hydrogen-bond acceptors (Lipinski definition) is 4. The summed E-state index contributed by atoms with van der Waals surface area (Å²) < 4.78 is 6.12. The second kappa shape index (κ2) is 9.42. The molecule has 2 aromatic carbocycles. The summed E-state index contributed by atoms with van der Waals surface area (Å²) in [7, 11) is 0. The minimum Gasteiger partial charge on any atom is -0.488 e. The molecule has 1 aliphatic heterocycles. The highest BCUT2D eigenvalue weighted by Gasteiger charge is 2.30. The summed E-state index contributed by atoms with van der Waals surface area (Å²) in [6.07, 6.45) is 0.0519. The lowest BCUT2D eigenvalue weighted by Gasteiger charge is -2.25. The number of aliphatic hydroxyl groups excluding tert-OH is 1. The third kappa shape index (κ3) is 5.37. The lowest BCUT2D eigenvalue weighted by molar-refractivity contribution is -0.133. The van der Waals surface area contributed by atoms with Gasteiger partial charge in [-0.2, -0.15) is 0 Å². The topological polar surface area (TPSA) is 61.8 Å². The number of aryl methyl sites for hydroxylation is 3. The molecule has 0 radical (unpaired) electrons. The number of β-amino-alcohol motifs (C(OH)–C–C–N with tert-alkyl or cyclic N) is 1. The Morgan fingerprint density at radius 2 is 1.90 bits per heavy atom. The molecular formula is C24H32N2O3. The molecule has 2 unspecified atom stereocenters. The number of rotatable bonds is 7. The van der Waals surface area contributed by atoms with Gasteiger partial charge in [0, 0.05) is 19.6 Å². The molecule has 1 heterocycles. The second-order valence-electron chi connectivity index (χ2n) is 8.04. The molecule has 5 heteroatoms. The number of carbonyl (C=O) groups is 1. The fraction of sp³-hybridized carbons (Fsp3) is 0.458. The molecule has 29 heavy (non-hydrogen) atoms. The van der Waals surface area contributed by atoms with Crippen molar-refractivity contribution >= 4 is 5.91 Å². The van der Waals surface area contributed by atoms with Crippen LogP contribution in [0.4, 0.5) is 0 Å². The lowest BCUT2D eigenvalue weighted by Crippen LogP contribution is -2.43. The smallest absolute Gasteiger partial charge is 0.240 e. The van der Waals surface area contributed by atoms with Gasteiger partial charge in [0.1, 0.15) is 12.4 Å². The van der Waals surface area contributed by atoms with E-state index in [0.29, 0.717) is 32.7 Å². The van der Waals surface area contributed by atoms with Gasteiger partial charge in [0.05, 0.1) is 12.1 Å². The van der Waals surface area contributed by atoms with Crippen LogP contribution >= 0.6 is 0 Å². The van der Waals surface area contributed by atoms with Crippen molar-refractivity contribution in [2.45, 2.75) is 59.4 Å². The van der Waals surface area contributed by atoms with Crippen LogP contribution < -0.4 is 10.1 Å². The van der Waals surface area contributed by atoms with E-state index >= 15 is 0 Å². The van der Waals surface area contributed by atoms with Crippen LogP contribution in [0.2, 0.25) is 0 Å². The van der Waals surface area contributed by atoms with Gasteiger partial charge in [-0.25, -0.2) is 0 Å². The number of benzene rings is 2. The number of ether oxygens (including phenoxy) is 1. The van der Waals surface area contributed by atoms with Gasteiger partial charge in [0.25, 0.3) is 0 Å². The van der Waals surface area contributed by atoms with Crippen molar-refractivity contribution in [2.24, 2.45) is 0 Å². The highest BCUT2D eigenvalue weighted by Crippen LogP contribution is 2.27. The van der Waals surface area contributed by atoms with Gasteiger partial charge in [-0.15, -0.1) is 0 Å². The number of carbonyl (C=O) groups excluding carboxylic acids is 1. The van der Waals surface area contributed by atoms with E-state index < -0.39 is 6.10 Å². The monoisotopic (exact) mass is 396 g/mol. The van der Waals surface area contributed by atoms with Crippen molar-refractivity contribution in [1.82, 2.24) is 10.2 Å². The molecule has 0 saturated carbocycles. The predicted molar refractivity (Wildman–Crippen MR) is 115 cm³/mol. The zero-order chi connectivity index (χ0) is 21.0. The molecule has 0 aromatic heterocycles. The van der Waals surface area contributed by atoms with E-state index in [0.717, 1.165) is 28.0 Å². The number of likely N-dealkylation sites (N-methyl/N-ethyl adjacent to an activating group) is 1. The number of aliphatic hydroxyl groups is 1. The van der Waals surface area contributed by atoms with E-state index in [4.69, 9.17) is 4.74 Å². The molecule has 1 saturated heterocycles. The van der Waals surface area contributed by atoms with Crippen LogP contribution in [0.15, 0.2) is 36.4 Å². The van der Waals surface area contributed by atoms with Crippen molar-refractivity contribution in [3.8, 4) is 5.75 Å². The van der Waals surface area contributed by atoms with E-state index in [1.54, 1.807) is 0 Å². The standard InChI is InChI=1S/C24H32N2O3/c1-5-26(24(28)22-12-21(27)13-25-22)14-20-10-17(3)23(18(4)11-20)29-15-19-8-6-7-16(2)9-19/h6-11,21-22,25,27H,5,12-15H2,1-4H3. The Bertz CT molecular complexity index is 842. The first kappa shape index (κ1) is 21.3. The van der Waals surface area contributed by atoms with Crippen LogP contribution in [-0.2, 0) is 17.9 Å². The van der Waals surface area contributed by atoms with Crippen LogP contribution in [0.3, 0.4) is 0 Å². The quantitative estimate of drug-likeness (QED) is 0.754. The van der Waals surface area contributed by atoms with E-state index in [9.17, 15) is 9.90 Å². The van der Waals surface area contributed by atoms with Crippen molar-refractivity contribution in [2.75, 3.05) is 13.1 Å². The van der Waals surface area contributed by atoms with E-state index in [1.807, 2.05) is 17.9 Å². The van der Waals surface area contributed by atoms with Gasteiger partial charge in [-0.3, -0.25) is 4.79 Å². The molecule has 2 atom stereocenters. The second-order valence-corrected chi connectivity index (χ2v) is 8.04. The Morgan fingerprint density at radius 3 is 2.48 bits per heavy atom. The highest BCUT2D eigenvalue weighted by atomic mass is 16.5. The van der Waals surface area contributed by atoms with Gasteiger partial charge >= 0.3 is 0 Å². The maximum atomic E-state index is 12.8. The first-order valence-corrected chi connectivity index (χ1v) is 10.4. The maximum absolute atomic E-state index is 12.8. The fourth-order valence-corrected chi connectivity index (χ4v) is 4.01. The summed E-state index contributed by atoms with van der Waals surface area (Å²) in [5, 5.41) is 12.8. The molecule has 2 N–H and O–H groups in total. The fourth-order valence-electron chi connectivity index (χ4n) is 4.01. The molecular weight excluding hydrogens is 364 g/mol. The normalized spacial score (nSPS) is 18.7. The summed E-state index contributed by atoms with van der Waals surface area (Å²) in [5.74, 6) is 0.962. The molecule has 3 rings (SSSR count). The van der Waals surface area contributed by atoms with Crippen molar-refractivity contribution in [3.63, 3.8) is 0 Å². The Labute approximate surface area is 173 Å². The number of amides is 1. The van der Waals surface area contributed by atoms with E-state index in [2.05, 4.69) is 56.4 Å². The minimum atomic E-state index is -0.433. The summed E-state index contributed by atoms with van der Waals surface area (Å²) in [6, 6.07) is 12.3. The van der Waals surface area contributed by atoms with Crippen LogP contribution in [0.1, 0.15) is 41.2 Å². The number of nitrogens with zero attached hydrogens (tertiary/aromatic N) is 1. The zero-order valence-electron chi connectivity index (χ0n) is 17.9. The van der Waals surface area contributed by atoms with Gasteiger partial charge in [0.15, 0.2) is 0 Å². The van der Waals surface area contributed by atoms with Crippen LogP contribution in [0.25, 0.3) is 0 Å². The highest BCUT2D eigenvalue weighted by molar-refractivity contribution is 5.82. The average Bonchev–Trinajstić information content (AvgIpc) is 3.11. The third-order valence-corrected chi connectivity index (χ3v) is 5.46. The van der Waals surface area contributed by atoms with Crippen molar-refractivity contribution < 1.29 is 14.6 Å². The van der Waals surface area contributed by atoms with Gasteiger partial charge in [-0.05, 0) is 56.4 Å². The van der Waals surface area contributed by atoms with Gasteiger partial charge in [-0.1, -0.05) is 42.0 Å². The predicted octanol–water partition coefficient (Wildman–Crippen LogP) is 3.26. The molecule has 0 aliphatic carbocycles. The van der Waals surface area contributed by atoms with Crippen LogP contribution in [0.5, 0.6) is 5.75 Å². The molecule has 2 aromatic rings. The third-order valence-electron chi connectivity index (χ3n) is 5.46. The minimum absolute atomic E-state index is 0.0548. The number of nitrogens with one attached hydrogen (secondary N) is 1. The van der Waals surface area contributed by atoms with Crippen LogP contribution in [0, 0.1) is 20.8 Å². The van der Waals surface area contributed by atoms with Crippen molar-refractivity contribution in [1.29, 1.82) is 0 Å². The zero-order valence-corrected chi connectivity index (χ0v) is 17.9. The van der Waals surface area contributed by atoms with E-state index in [1.165, 1.54) is 5.56 Å². The maximum Gasteiger partial charge on any atom is 0.240 e. The largest absolute Gasteiger partial charge is 0.488 e. The van der Waals surface area contributed by atoms with Crippen LogP contribution in [-0.4, -0.2) is 41.1 Å². The molecule has 5 nitrogen and oxygen atoms in total. The van der Waals surface area contributed by atoms with Gasteiger partial charge < -0.3 is 20.1 Å². The molecule has 156 valence electrons. The molecule has 0 spiro atoms. The SMILES string of the molecule is CCN(Cc1cc(C)c(OCc2cccc(C)c2)c(C)c1)C(=O)C1CC(O)CN1. The first-order chi connectivity index (χ1) is 13.9. The van der Waals surface area contributed by atoms with Crippen molar-refractivity contribution in [3.05, 3.63) is 64.2 Å². The Morgan fingerprint density at radius 1 is 1.17 bits per heavy atom. The Hall–Kier alpha value is -2.37. The molecule has 1 aliphatic rings. The molecule has 0 bridgehead atoms.